The van der Waals surface area contributed by atoms with Gasteiger partial charge in [-0.2, -0.15) is 0 Å². The van der Waals surface area contributed by atoms with Crippen LogP contribution in [-0.4, -0.2) is 12.0 Å². The van der Waals surface area contributed by atoms with Crippen LogP contribution in [0.1, 0.15) is 29.2 Å². The molecular weight excluding hydrogens is 220 g/mol. The van der Waals surface area contributed by atoms with E-state index in [2.05, 4.69) is 53.6 Å². The second kappa shape index (κ2) is 6.31. The summed E-state index contributed by atoms with van der Waals surface area (Å²) in [6.07, 6.45) is 6.00. The van der Waals surface area contributed by atoms with Gasteiger partial charge in [0.2, 0.25) is 0 Å². The second-order valence-electron chi connectivity index (χ2n) is 4.60. The van der Waals surface area contributed by atoms with E-state index in [0.29, 0.717) is 6.04 Å². The quantitative estimate of drug-likeness (QED) is 0.867. The van der Waals surface area contributed by atoms with E-state index in [-0.39, 0.29) is 0 Å². The number of hydrogen-bond acceptors (Lipinski definition) is 2. The number of nitrogens with zero attached hydrogens (tertiary/aromatic N) is 1. The fraction of sp³-hybridized carbons (Fsp3) is 0.312. The second-order valence-corrected chi connectivity index (χ2v) is 4.60. The third kappa shape index (κ3) is 3.17. The number of pyridine rings is 1. The fourth-order valence-corrected chi connectivity index (χ4v) is 2.25. The maximum atomic E-state index is 4.23. The molecule has 0 spiro atoms. The third-order valence-electron chi connectivity index (χ3n) is 3.37. The Labute approximate surface area is 109 Å². The van der Waals surface area contributed by atoms with Gasteiger partial charge in [-0.25, -0.2) is 0 Å². The lowest BCUT2D eigenvalue weighted by atomic mass is 9.97. The molecular formula is C16H20N2. The summed E-state index contributed by atoms with van der Waals surface area (Å²) in [6.45, 7) is 2.14. The molecule has 0 amide bonds. The van der Waals surface area contributed by atoms with Crippen LogP contribution < -0.4 is 5.32 Å². The molecule has 2 aromatic rings. The molecule has 2 heteroatoms. The summed E-state index contributed by atoms with van der Waals surface area (Å²) in [5.41, 5.74) is 3.99. The standard InChI is InChI=1S/C16H20N2/c1-13-10-11-18-12-15(13)16(17-2)9-8-14-6-4-3-5-7-14/h3-7,10-12,16-17H,8-9H2,1-2H3. The van der Waals surface area contributed by atoms with Gasteiger partial charge in [-0.15, -0.1) is 0 Å². The Morgan fingerprint density at radius 2 is 1.94 bits per heavy atom. The summed E-state index contributed by atoms with van der Waals surface area (Å²) in [5, 5.41) is 3.39. The number of nitrogens with one attached hydrogen (secondary N) is 1. The smallest absolute Gasteiger partial charge is 0.0338 e. The van der Waals surface area contributed by atoms with E-state index in [9.17, 15) is 0 Å². The molecule has 0 radical (unpaired) electrons. The van der Waals surface area contributed by atoms with Crippen LogP contribution in [0.15, 0.2) is 48.8 Å². The Hall–Kier alpha value is -1.67. The van der Waals surface area contributed by atoms with Crippen molar-refractivity contribution < 1.29 is 0 Å². The van der Waals surface area contributed by atoms with E-state index in [1.165, 1.54) is 16.7 Å². The molecule has 1 N–H and O–H groups in total. The summed E-state index contributed by atoms with van der Waals surface area (Å²) < 4.78 is 0. The van der Waals surface area contributed by atoms with Gasteiger partial charge in [0.05, 0.1) is 0 Å². The number of rotatable bonds is 5. The lowest BCUT2D eigenvalue weighted by Gasteiger charge is -2.18. The van der Waals surface area contributed by atoms with Crippen LogP contribution in [0.4, 0.5) is 0 Å². The van der Waals surface area contributed by atoms with Crippen molar-refractivity contribution in [2.75, 3.05) is 7.05 Å². The van der Waals surface area contributed by atoms with Gasteiger partial charge in [0.1, 0.15) is 0 Å². The first-order valence-electron chi connectivity index (χ1n) is 6.43. The summed E-state index contributed by atoms with van der Waals surface area (Å²) in [5.74, 6) is 0. The first-order chi connectivity index (χ1) is 8.81. The van der Waals surface area contributed by atoms with Crippen LogP contribution in [0.5, 0.6) is 0 Å². The highest BCUT2D eigenvalue weighted by Gasteiger charge is 2.11. The van der Waals surface area contributed by atoms with Crippen molar-refractivity contribution in [1.82, 2.24) is 10.3 Å². The SMILES string of the molecule is CNC(CCc1ccccc1)c1cnccc1C. The monoisotopic (exact) mass is 240 g/mol. The zero-order chi connectivity index (χ0) is 12.8. The molecule has 0 bridgehead atoms. The molecule has 1 unspecified atom stereocenters. The van der Waals surface area contributed by atoms with Gasteiger partial charge >= 0.3 is 0 Å². The minimum atomic E-state index is 0.374. The summed E-state index contributed by atoms with van der Waals surface area (Å²) in [6, 6.07) is 13.1. The van der Waals surface area contributed by atoms with Crippen molar-refractivity contribution >= 4 is 0 Å². The molecule has 2 rings (SSSR count). The van der Waals surface area contributed by atoms with Gasteiger partial charge in [0, 0.05) is 18.4 Å². The largest absolute Gasteiger partial charge is 0.313 e. The fourth-order valence-electron chi connectivity index (χ4n) is 2.25. The lowest BCUT2D eigenvalue weighted by molar-refractivity contribution is 0.545. The predicted octanol–water partition coefficient (Wildman–Crippen LogP) is 3.28. The van der Waals surface area contributed by atoms with Crippen LogP contribution in [0.3, 0.4) is 0 Å². The molecule has 1 aromatic heterocycles. The third-order valence-corrected chi connectivity index (χ3v) is 3.37. The molecule has 0 aliphatic heterocycles. The number of benzene rings is 1. The molecule has 0 saturated carbocycles. The molecule has 0 fully saturated rings. The number of hydrogen-bond donors (Lipinski definition) is 1. The van der Waals surface area contributed by atoms with Crippen LogP contribution in [0.25, 0.3) is 0 Å². The van der Waals surface area contributed by atoms with Crippen molar-refractivity contribution in [3.05, 3.63) is 65.5 Å². The Balaban J connectivity index is 2.04. The normalized spacial score (nSPS) is 12.3. The summed E-state index contributed by atoms with van der Waals surface area (Å²) in [7, 11) is 2.02. The highest BCUT2D eigenvalue weighted by molar-refractivity contribution is 5.25. The topological polar surface area (TPSA) is 24.9 Å². The molecule has 1 atom stereocenters. The summed E-state index contributed by atoms with van der Waals surface area (Å²) >= 11 is 0. The Kier molecular flexibility index (Phi) is 4.48. The summed E-state index contributed by atoms with van der Waals surface area (Å²) in [4.78, 5) is 4.23. The van der Waals surface area contributed by atoms with Crippen molar-refractivity contribution in [3.8, 4) is 0 Å². The van der Waals surface area contributed by atoms with Gasteiger partial charge in [-0.1, -0.05) is 30.3 Å². The number of aryl methyl sites for hydroxylation is 2. The Morgan fingerprint density at radius 3 is 2.61 bits per heavy atom. The van der Waals surface area contributed by atoms with Gasteiger partial charge in [0.15, 0.2) is 0 Å². The molecule has 94 valence electrons. The molecule has 0 saturated heterocycles. The first kappa shape index (κ1) is 12.8. The predicted molar refractivity (Wildman–Crippen MR) is 75.5 cm³/mol. The number of aromatic nitrogens is 1. The molecule has 2 nitrogen and oxygen atoms in total. The molecule has 0 aliphatic carbocycles. The van der Waals surface area contributed by atoms with E-state index in [1.807, 2.05) is 19.4 Å². The van der Waals surface area contributed by atoms with Crippen LogP contribution >= 0.6 is 0 Å². The Morgan fingerprint density at radius 1 is 1.17 bits per heavy atom. The Bertz CT molecular complexity index is 479. The maximum absolute atomic E-state index is 4.23. The van der Waals surface area contributed by atoms with E-state index >= 15 is 0 Å². The minimum Gasteiger partial charge on any atom is -0.313 e. The van der Waals surface area contributed by atoms with Crippen molar-refractivity contribution in [1.29, 1.82) is 0 Å². The first-order valence-corrected chi connectivity index (χ1v) is 6.43. The van der Waals surface area contributed by atoms with Crippen LogP contribution in [0, 0.1) is 6.92 Å². The van der Waals surface area contributed by atoms with E-state index in [1.54, 1.807) is 0 Å². The van der Waals surface area contributed by atoms with Gasteiger partial charge in [-0.3, -0.25) is 4.98 Å². The van der Waals surface area contributed by atoms with Gasteiger partial charge < -0.3 is 5.32 Å². The average molecular weight is 240 g/mol. The van der Waals surface area contributed by atoms with Crippen molar-refractivity contribution in [2.24, 2.45) is 0 Å². The van der Waals surface area contributed by atoms with E-state index < -0.39 is 0 Å². The highest BCUT2D eigenvalue weighted by atomic mass is 14.9. The van der Waals surface area contributed by atoms with Crippen LogP contribution in [-0.2, 0) is 6.42 Å². The van der Waals surface area contributed by atoms with Gasteiger partial charge in [0.25, 0.3) is 0 Å². The maximum Gasteiger partial charge on any atom is 0.0338 e. The van der Waals surface area contributed by atoms with E-state index in [4.69, 9.17) is 0 Å². The molecule has 0 aliphatic rings. The highest BCUT2D eigenvalue weighted by Crippen LogP contribution is 2.21. The van der Waals surface area contributed by atoms with Crippen LogP contribution in [0.2, 0.25) is 0 Å². The molecule has 18 heavy (non-hydrogen) atoms. The zero-order valence-corrected chi connectivity index (χ0v) is 11.1. The lowest BCUT2D eigenvalue weighted by Crippen LogP contribution is -2.18. The van der Waals surface area contributed by atoms with Crippen molar-refractivity contribution in [3.63, 3.8) is 0 Å². The van der Waals surface area contributed by atoms with E-state index in [0.717, 1.165) is 12.8 Å². The zero-order valence-electron chi connectivity index (χ0n) is 11.1. The van der Waals surface area contributed by atoms with Gasteiger partial charge in [-0.05, 0) is 49.6 Å². The average Bonchev–Trinajstić information content (AvgIpc) is 2.42. The minimum absolute atomic E-state index is 0.374. The molecule has 1 aromatic carbocycles. The van der Waals surface area contributed by atoms with Crippen molar-refractivity contribution in [2.45, 2.75) is 25.8 Å². The molecule has 1 heterocycles.